The number of nitrogens with zero attached hydrogens (tertiary/aromatic N) is 3. The molecule has 1 aromatic heterocycles. The van der Waals surface area contributed by atoms with Crippen LogP contribution in [0.15, 0.2) is 69.3 Å². The Morgan fingerprint density at radius 1 is 1.15 bits per heavy atom. The van der Waals surface area contributed by atoms with Crippen LogP contribution in [0.5, 0.6) is 11.6 Å². The molecule has 1 atom stereocenters. The van der Waals surface area contributed by atoms with Crippen LogP contribution < -0.4 is 16.0 Å². The third-order valence-electron chi connectivity index (χ3n) is 5.45. The minimum absolute atomic E-state index is 0.0707. The molecule has 0 saturated carbocycles. The summed E-state index contributed by atoms with van der Waals surface area (Å²) in [4.78, 5) is 39.6. The smallest absolute Gasteiger partial charge is 0.331 e. The molecular weight excluding hydrogens is 424 g/mol. The Kier molecular flexibility index (Phi) is 6.12. The molecule has 2 aromatic carbocycles. The number of aromatic hydroxyl groups is 1. The number of rotatable bonds is 6. The molecule has 9 nitrogen and oxygen atoms in total. The first kappa shape index (κ1) is 22.1. The molecule has 0 fully saturated rings. The van der Waals surface area contributed by atoms with Gasteiger partial charge < -0.3 is 9.84 Å². The lowest BCUT2D eigenvalue weighted by Crippen LogP contribution is -2.34. The Bertz CT molecular complexity index is 1310. The molecule has 2 N–H and O–H groups in total. The molecule has 4 rings (SSSR count). The van der Waals surface area contributed by atoms with Crippen molar-refractivity contribution in [3.63, 3.8) is 0 Å². The number of hydrogen-bond acceptors (Lipinski definition) is 6. The van der Waals surface area contributed by atoms with Gasteiger partial charge in [0.25, 0.3) is 5.56 Å². The molecule has 170 valence electrons. The second-order valence-electron chi connectivity index (χ2n) is 7.66. The summed E-state index contributed by atoms with van der Waals surface area (Å²) >= 11 is 0. The molecule has 0 aliphatic carbocycles. The highest BCUT2D eigenvalue weighted by Gasteiger charge is 2.34. The molecular formula is C24H24N4O5. The van der Waals surface area contributed by atoms with E-state index in [1.54, 1.807) is 12.1 Å². The summed E-state index contributed by atoms with van der Waals surface area (Å²) in [5, 5.41) is 16.5. The fourth-order valence-electron chi connectivity index (χ4n) is 3.90. The molecule has 2 heterocycles. The number of H-pyrrole nitrogens is 1. The van der Waals surface area contributed by atoms with Crippen molar-refractivity contribution in [2.24, 2.45) is 5.10 Å². The average Bonchev–Trinajstić information content (AvgIpc) is 3.23. The van der Waals surface area contributed by atoms with Crippen molar-refractivity contribution in [1.29, 1.82) is 0 Å². The zero-order chi connectivity index (χ0) is 23.5. The molecule has 0 bridgehead atoms. The number of aromatic nitrogens is 2. The first-order valence-electron chi connectivity index (χ1n) is 10.6. The fraction of sp³-hybridized carbons (Fsp3) is 0.250. The van der Waals surface area contributed by atoms with Gasteiger partial charge in [0.15, 0.2) is 0 Å². The second kappa shape index (κ2) is 9.15. The first-order chi connectivity index (χ1) is 15.9. The number of aromatic amines is 1. The van der Waals surface area contributed by atoms with Gasteiger partial charge in [-0.3, -0.25) is 19.1 Å². The monoisotopic (exact) mass is 448 g/mol. The minimum Gasteiger partial charge on any atom is -0.494 e. The molecule has 1 aliphatic heterocycles. The van der Waals surface area contributed by atoms with Crippen molar-refractivity contribution in [1.82, 2.24) is 14.6 Å². The van der Waals surface area contributed by atoms with Crippen molar-refractivity contribution in [2.75, 3.05) is 6.61 Å². The standard InChI is InChI=1S/C24H24N4O5/c1-3-33-18-11-9-17(10-12-18)20-13-19(26-28(20)15(2)29)21-22(30)25-24(32)27(23(21)31)14-16-7-5-4-6-8-16/h4-12,20,31H,3,13-14H2,1-2H3,(H,25,30,32)/t20-/m1/s1. The number of carbonyl (C=O) groups is 1. The van der Waals surface area contributed by atoms with Gasteiger partial charge in [-0.25, -0.2) is 9.80 Å². The van der Waals surface area contributed by atoms with Crippen molar-refractivity contribution in [3.8, 4) is 11.6 Å². The van der Waals surface area contributed by atoms with Gasteiger partial charge in [-0.1, -0.05) is 42.5 Å². The number of amides is 1. The molecule has 0 saturated heterocycles. The van der Waals surface area contributed by atoms with E-state index in [9.17, 15) is 19.5 Å². The topological polar surface area (TPSA) is 117 Å². The lowest BCUT2D eigenvalue weighted by atomic mass is 9.99. The van der Waals surface area contributed by atoms with E-state index < -0.39 is 23.2 Å². The molecule has 0 spiro atoms. The SMILES string of the molecule is CCOc1ccc([C@H]2CC(c3c(O)n(Cc4ccccc4)c(=O)[nH]c3=O)=NN2C(C)=O)cc1. The molecule has 1 aliphatic rings. The van der Waals surface area contributed by atoms with Crippen molar-refractivity contribution in [2.45, 2.75) is 32.9 Å². The van der Waals surface area contributed by atoms with Gasteiger partial charge in [0.2, 0.25) is 11.8 Å². The number of benzene rings is 2. The van der Waals surface area contributed by atoms with Gasteiger partial charge in [-0.15, -0.1) is 0 Å². The van der Waals surface area contributed by atoms with Gasteiger partial charge in [-0.05, 0) is 30.2 Å². The van der Waals surface area contributed by atoms with Crippen LogP contribution in [0.4, 0.5) is 0 Å². The van der Waals surface area contributed by atoms with Crippen LogP contribution >= 0.6 is 0 Å². The van der Waals surface area contributed by atoms with Gasteiger partial charge in [0.1, 0.15) is 11.3 Å². The van der Waals surface area contributed by atoms with E-state index in [0.717, 1.165) is 15.7 Å². The van der Waals surface area contributed by atoms with E-state index in [2.05, 4.69) is 10.1 Å². The minimum atomic E-state index is -0.753. The Morgan fingerprint density at radius 3 is 2.48 bits per heavy atom. The molecule has 0 unspecified atom stereocenters. The predicted molar refractivity (Wildman–Crippen MR) is 123 cm³/mol. The van der Waals surface area contributed by atoms with E-state index in [4.69, 9.17) is 4.74 Å². The van der Waals surface area contributed by atoms with Gasteiger partial charge in [-0.2, -0.15) is 5.10 Å². The number of carbonyl (C=O) groups excluding carboxylic acids is 1. The quantitative estimate of drug-likeness (QED) is 0.601. The summed E-state index contributed by atoms with van der Waals surface area (Å²) in [6, 6.07) is 15.9. The van der Waals surface area contributed by atoms with E-state index in [1.165, 1.54) is 11.9 Å². The van der Waals surface area contributed by atoms with Gasteiger partial charge in [0, 0.05) is 13.3 Å². The van der Waals surface area contributed by atoms with Crippen LogP contribution in [0.1, 0.15) is 43.0 Å². The number of hydrazone groups is 1. The Morgan fingerprint density at radius 2 is 1.85 bits per heavy atom. The maximum atomic E-state index is 12.7. The molecule has 9 heteroatoms. The summed E-state index contributed by atoms with van der Waals surface area (Å²) in [5.74, 6) is -0.0866. The average molecular weight is 448 g/mol. The fourth-order valence-corrected chi connectivity index (χ4v) is 3.90. The highest BCUT2D eigenvalue weighted by atomic mass is 16.5. The zero-order valence-electron chi connectivity index (χ0n) is 18.3. The molecule has 1 amide bonds. The summed E-state index contributed by atoms with van der Waals surface area (Å²) < 4.78 is 6.55. The lowest BCUT2D eigenvalue weighted by molar-refractivity contribution is -0.130. The van der Waals surface area contributed by atoms with Crippen molar-refractivity contribution >= 4 is 11.6 Å². The zero-order valence-corrected chi connectivity index (χ0v) is 18.3. The summed E-state index contributed by atoms with van der Waals surface area (Å²) in [6.45, 7) is 3.88. The van der Waals surface area contributed by atoms with Gasteiger partial charge in [0.05, 0.1) is 24.9 Å². The van der Waals surface area contributed by atoms with E-state index in [-0.39, 0.29) is 30.1 Å². The van der Waals surface area contributed by atoms with Crippen LogP contribution in [-0.4, -0.2) is 37.9 Å². The largest absolute Gasteiger partial charge is 0.494 e. The normalized spacial score (nSPS) is 15.4. The molecule has 0 radical (unpaired) electrons. The lowest BCUT2D eigenvalue weighted by Gasteiger charge is -2.20. The van der Waals surface area contributed by atoms with E-state index >= 15 is 0 Å². The van der Waals surface area contributed by atoms with Crippen LogP contribution in [0.25, 0.3) is 0 Å². The summed E-state index contributed by atoms with van der Waals surface area (Å²) in [7, 11) is 0. The van der Waals surface area contributed by atoms with E-state index in [0.29, 0.717) is 12.4 Å². The first-order valence-corrected chi connectivity index (χ1v) is 10.6. The highest BCUT2D eigenvalue weighted by molar-refractivity contribution is 6.04. The van der Waals surface area contributed by atoms with Crippen LogP contribution in [0.3, 0.4) is 0 Å². The number of ether oxygens (including phenoxy) is 1. The summed E-state index contributed by atoms with van der Waals surface area (Å²) in [5.41, 5.74) is 0.210. The molecule has 3 aromatic rings. The van der Waals surface area contributed by atoms with E-state index in [1.807, 2.05) is 49.4 Å². The van der Waals surface area contributed by atoms with Gasteiger partial charge >= 0.3 is 5.69 Å². The third-order valence-corrected chi connectivity index (χ3v) is 5.45. The van der Waals surface area contributed by atoms with Crippen LogP contribution in [-0.2, 0) is 11.3 Å². The Balaban J connectivity index is 1.72. The van der Waals surface area contributed by atoms with Crippen molar-refractivity contribution < 1.29 is 14.6 Å². The maximum absolute atomic E-state index is 12.7. The molecule has 33 heavy (non-hydrogen) atoms. The van der Waals surface area contributed by atoms with Crippen molar-refractivity contribution in [3.05, 3.63) is 92.1 Å². The second-order valence-corrected chi connectivity index (χ2v) is 7.66. The number of nitrogens with one attached hydrogen (secondary N) is 1. The Hall–Kier alpha value is -4.14. The number of hydrogen-bond donors (Lipinski definition) is 2. The highest BCUT2D eigenvalue weighted by Crippen LogP contribution is 2.34. The predicted octanol–water partition coefficient (Wildman–Crippen LogP) is 2.39. The summed E-state index contributed by atoms with van der Waals surface area (Å²) in [6.07, 6.45) is 0.202. The Labute approximate surface area is 189 Å². The third kappa shape index (κ3) is 4.43. The van der Waals surface area contributed by atoms with Crippen LogP contribution in [0, 0.1) is 0 Å². The van der Waals surface area contributed by atoms with Crippen LogP contribution in [0.2, 0.25) is 0 Å². The maximum Gasteiger partial charge on any atom is 0.331 e.